The minimum Gasteiger partial charge on any atom is -0.493 e. The van der Waals surface area contributed by atoms with Gasteiger partial charge in [-0.2, -0.15) is 0 Å². The third-order valence-corrected chi connectivity index (χ3v) is 2.79. The van der Waals surface area contributed by atoms with Gasteiger partial charge in [0.25, 0.3) is 0 Å². The van der Waals surface area contributed by atoms with E-state index in [0.717, 1.165) is 36.3 Å². The van der Waals surface area contributed by atoms with Gasteiger partial charge in [-0.1, -0.05) is 25.5 Å². The van der Waals surface area contributed by atoms with Crippen LogP contribution in [0.1, 0.15) is 32.3 Å². The van der Waals surface area contributed by atoms with Crippen molar-refractivity contribution in [3.63, 3.8) is 0 Å². The Morgan fingerprint density at radius 1 is 1.37 bits per heavy atom. The molecule has 0 saturated heterocycles. The van der Waals surface area contributed by atoms with Gasteiger partial charge in [0.05, 0.1) is 13.7 Å². The van der Waals surface area contributed by atoms with Crippen LogP contribution in [0, 0.1) is 0 Å². The van der Waals surface area contributed by atoms with Crippen molar-refractivity contribution >= 4 is 5.91 Å². The molecule has 0 aliphatic rings. The third-order valence-electron chi connectivity index (χ3n) is 2.79. The van der Waals surface area contributed by atoms with Crippen LogP contribution in [0.3, 0.4) is 0 Å². The van der Waals surface area contributed by atoms with E-state index in [2.05, 4.69) is 12.2 Å². The van der Waals surface area contributed by atoms with Gasteiger partial charge in [0, 0.05) is 13.5 Å². The number of carbonyl (C=O) groups excluding carboxylic acids is 1. The maximum absolute atomic E-state index is 10.9. The largest absolute Gasteiger partial charge is 0.493 e. The number of methoxy groups -OCH3 is 1. The van der Waals surface area contributed by atoms with Crippen molar-refractivity contribution in [2.75, 3.05) is 20.3 Å². The van der Waals surface area contributed by atoms with Crippen LogP contribution >= 0.6 is 0 Å². The Labute approximate surface area is 115 Å². The lowest BCUT2D eigenvalue weighted by molar-refractivity contribution is -0.118. The highest BCUT2D eigenvalue weighted by molar-refractivity contribution is 5.72. The third kappa shape index (κ3) is 5.20. The zero-order chi connectivity index (χ0) is 14.1. The fourth-order valence-corrected chi connectivity index (χ4v) is 1.80. The first-order valence-electron chi connectivity index (χ1n) is 6.72. The van der Waals surface area contributed by atoms with Crippen LogP contribution in [0.5, 0.6) is 11.5 Å². The van der Waals surface area contributed by atoms with Crippen LogP contribution in [-0.2, 0) is 11.2 Å². The predicted octanol–water partition coefficient (Wildman–Crippen LogP) is 2.55. The maximum atomic E-state index is 10.9. The van der Waals surface area contributed by atoms with Crippen LogP contribution in [-0.4, -0.2) is 26.2 Å². The Kier molecular flexibility index (Phi) is 6.79. The molecule has 0 unspecified atom stereocenters. The zero-order valence-corrected chi connectivity index (χ0v) is 12.0. The van der Waals surface area contributed by atoms with Crippen LogP contribution < -0.4 is 14.8 Å². The highest BCUT2D eigenvalue weighted by Crippen LogP contribution is 2.31. The molecule has 0 aliphatic heterocycles. The molecule has 1 aromatic rings. The Morgan fingerprint density at radius 3 is 2.79 bits per heavy atom. The summed E-state index contributed by atoms with van der Waals surface area (Å²) in [6, 6.07) is 5.86. The fraction of sp³-hybridized carbons (Fsp3) is 0.533. The molecule has 0 spiro atoms. The molecule has 106 valence electrons. The van der Waals surface area contributed by atoms with Crippen LogP contribution in [0.25, 0.3) is 0 Å². The van der Waals surface area contributed by atoms with Gasteiger partial charge < -0.3 is 14.8 Å². The topological polar surface area (TPSA) is 47.6 Å². The second-order valence-corrected chi connectivity index (χ2v) is 4.38. The predicted molar refractivity (Wildman–Crippen MR) is 75.8 cm³/mol. The Balaban J connectivity index is 2.69. The lowest BCUT2D eigenvalue weighted by Gasteiger charge is -2.14. The number of nitrogens with one attached hydrogen (secondary N) is 1. The number of amides is 1. The summed E-state index contributed by atoms with van der Waals surface area (Å²) in [6.07, 6.45) is 2.86. The normalized spacial score (nSPS) is 10.1. The van der Waals surface area contributed by atoms with E-state index in [1.54, 1.807) is 7.11 Å². The van der Waals surface area contributed by atoms with E-state index >= 15 is 0 Å². The van der Waals surface area contributed by atoms with Crippen molar-refractivity contribution in [2.24, 2.45) is 0 Å². The van der Waals surface area contributed by atoms with E-state index in [0.29, 0.717) is 13.2 Å². The summed E-state index contributed by atoms with van der Waals surface area (Å²) in [7, 11) is 1.64. The molecular formula is C15H23NO3. The van der Waals surface area contributed by atoms with Gasteiger partial charge in [-0.25, -0.2) is 0 Å². The number of para-hydroxylation sites is 1. The van der Waals surface area contributed by atoms with Crippen molar-refractivity contribution in [2.45, 2.75) is 33.1 Å². The van der Waals surface area contributed by atoms with E-state index in [9.17, 15) is 4.79 Å². The van der Waals surface area contributed by atoms with E-state index in [1.165, 1.54) is 6.92 Å². The smallest absolute Gasteiger partial charge is 0.216 e. The highest BCUT2D eigenvalue weighted by atomic mass is 16.5. The molecule has 0 aromatic heterocycles. The SMILES string of the molecule is CCCCOc1cccc(CCNC(C)=O)c1OC. The molecule has 0 atom stereocenters. The highest BCUT2D eigenvalue weighted by Gasteiger charge is 2.09. The zero-order valence-electron chi connectivity index (χ0n) is 12.0. The number of carbonyl (C=O) groups is 1. The van der Waals surface area contributed by atoms with Gasteiger partial charge in [0.2, 0.25) is 5.91 Å². The summed E-state index contributed by atoms with van der Waals surface area (Å²) < 4.78 is 11.2. The average Bonchev–Trinajstić information content (AvgIpc) is 2.39. The first kappa shape index (κ1) is 15.3. The number of rotatable bonds is 8. The molecular weight excluding hydrogens is 242 g/mol. The summed E-state index contributed by atoms with van der Waals surface area (Å²) in [4.78, 5) is 10.9. The molecule has 19 heavy (non-hydrogen) atoms. The first-order valence-corrected chi connectivity index (χ1v) is 6.72. The number of hydrogen-bond donors (Lipinski definition) is 1. The molecule has 4 heteroatoms. The number of benzene rings is 1. The van der Waals surface area contributed by atoms with Crippen LogP contribution in [0.2, 0.25) is 0 Å². The van der Waals surface area contributed by atoms with Crippen molar-refractivity contribution in [3.8, 4) is 11.5 Å². The van der Waals surface area contributed by atoms with E-state index in [-0.39, 0.29) is 5.91 Å². The Bertz CT molecular complexity index is 404. The van der Waals surface area contributed by atoms with Crippen molar-refractivity contribution in [1.82, 2.24) is 5.32 Å². The van der Waals surface area contributed by atoms with E-state index < -0.39 is 0 Å². The van der Waals surface area contributed by atoms with Crippen molar-refractivity contribution in [3.05, 3.63) is 23.8 Å². The molecule has 1 amide bonds. The molecule has 0 radical (unpaired) electrons. The van der Waals surface area contributed by atoms with Gasteiger partial charge >= 0.3 is 0 Å². The van der Waals surface area contributed by atoms with Crippen molar-refractivity contribution in [1.29, 1.82) is 0 Å². The Hall–Kier alpha value is -1.71. The second kappa shape index (κ2) is 8.40. The number of unbranched alkanes of at least 4 members (excludes halogenated alkanes) is 1. The van der Waals surface area contributed by atoms with Gasteiger partial charge in [0.15, 0.2) is 11.5 Å². The summed E-state index contributed by atoms with van der Waals surface area (Å²) in [6.45, 7) is 4.94. The van der Waals surface area contributed by atoms with Gasteiger partial charge in [-0.05, 0) is 24.5 Å². The molecule has 0 heterocycles. The molecule has 0 saturated carbocycles. The molecule has 4 nitrogen and oxygen atoms in total. The lowest BCUT2D eigenvalue weighted by Crippen LogP contribution is -2.22. The molecule has 0 aliphatic carbocycles. The van der Waals surface area contributed by atoms with Gasteiger partial charge in [-0.3, -0.25) is 4.79 Å². The quantitative estimate of drug-likeness (QED) is 0.735. The molecule has 1 aromatic carbocycles. The number of ether oxygens (including phenoxy) is 2. The average molecular weight is 265 g/mol. The summed E-state index contributed by atoms with van der Waals surface area (Å²) in [5, 5.41) is 2.78. The lowest BCUT2D eigenvalue weighted by atomic mass is 10.1. The van der Waals surface area contributed by atoms with Crippen LogP contribution in [0.15, 0.2) is 18.2 Å². The first-order chi connectivity index (χ1) is 9.19. The molecule has 1 N–H and O–H groups in total. The standard InChI is InChI=1S/C15H23NO3/c1-4-5-11-19-14-8-6-7-13(15(14)18-3)9-10-16-12(2)17/h6-8H,4-5,9-11H2,1-3H3,(H,16,17). The van der Waals surface area contributed by atoms with Crippen molar-refractivity contribution < 1.29 is 14.3 Å². The minimum atomic E-state index is -0.0192. The summed E-state index contributed by atoms with van der Waals surface area (Å²) >= 11 is 0. The monoisotopic (exact) mass is 265 g/mol. The number of hydrogen-bond acceptors (Lipinski definition) is 3. The van der Waals surface area contributed by atoms with Gasteiger partial charge in [-0.15, -0.1) is 0 Å². The van der Waals surface area contributed by atoms with E-state index in [1.807, 2.05) is 18.2 Å². The minimum absolute atomic E-state index is 0.0192. The molecule has 1 rings (SSSR count). The summed E-state index contributed by atoms with van der Waals surface area (Å²) in [5.74, 6) is 1.52. The molecule has 0 bridgehead atoms. The summed E-state index contributed by atoms with van der Waals surface area (Å²) in [5.41, 5.74) is 1.05. The molecule has 0 fully saturated rings. The van der Waals surface area contributed by atoms with Gasteiger partial charge in [0.1, 0.15) is 0 Å². The maximum Gasteiger partial charge on any atom is 0.216 e. The Morgan fingerprint density at radius 2 is 2.16 bits per heavy atom. The van der Waals surface area contributed by atoms with E-state index in [4.69, 9.17) is 9.47 Å². The fourth-order valence-electron chi connectivity index (χ4n) is 1.80. The van der Waals surface area contributed by atoms with Crippen LogP contribution in [0.4, 0.5) is 0 Å². The second-order valence-electron chi connectivity index (χ2n) is 4.38.